The molecule has 0 unspecified atom stereocenters. The molecule has 2 heterocycles. The van der Waals surface area contributed by atoms with Crippen LogP contribution < -0.4 is 10.6 Å². The van der Waals surface area contributed by atoms with Crippen LogP contribution in [0.15, 0.2) is 24.7 Å². The van der Waals surface area contributed by atoms with Crippen LogP contribution in [0.3, 0.4) is 0 Å². The van der Waals surface area contributed by atoms with Gasteiger partial charge in [-0.3, -0.25) is 10.4 Å². The van der Waals surface area contributed by atoms with Gasteiger partial charge in [-0.05, 0) is 12.8 Å². The maximum Gasteiger partial charge on any atom is 0.324 e. The molecule has 7 nitrogen and oxygen atoms in total. The molecule has 19 heavy (non-hydrogen) atoms. The summed E-state index contributed by atoms with van der Waals surface area (Å²) in [6.45, 7) is 0. The number of aromatic nitrogens is 4. The standard InChI is InChI=1S/C12H16N6O/c19-12(16-9-7-13-14-8-9)17-11-5-6-15-18(11)10-3-1-2-4-10/h5-8,10H,1-4H2,(H,13,14)(H2,16,17,19). The highest BCUT2D eigenvalue weighted by molar-refractivity contribution is 5.98. The molecule has 0 bridgehead atoms. The van der Waals surface area contributed by atoms with Crippen molar-refractivity contribution >= 4 is 17.5 Å². The molecule has 3 N–H and O–H groups in total. The van der Waals surface area contributed by atoms with E-state index in [1.165, 1.54) is 12.8 Å². The van der Waals surface area contributed by atoms with Gasteiger partial charge in [-0.25, -0.2) is 9.48 Å². The molecule has 3 rings (SSSR count). The van der Waals surface area contributed by atoms with E-state index in [1.54, 1.807) is 18.6 Å². The van der Waals surface area contributed by atoms with Crippen molar-refractivity contribution in [1.82, 2.24) is 20.0 Å². The maximum atomic E-state index is 11.8. The van der Waals surface area contributed by atoms with Gasteiger partial charge in [-0.2, -0.15) is 10.2 Å². The van der Waals surface area contributed by atoms with Gasteiger partial charge in [0.05, 0.1) is 24.1 Å². The molecule has 100 valence electrons. The topological polar surface area (TPSA) is 87.6 Å². The third-order valence-electron chi connectivity index (χ3n) is 3.34. The van der Waals surface area contributed by atoms with E-state index in [4.69, 9.17) is 0 Å². The fourth-order valence-electron chi connectivity index (χ4n) is 2.45. The van der Waals surface area contributed by atoms with Gasteiger partial charge in [-0.1, -0.05) is 12.8 Å². The lowest BCUT2D eigenvalue weighted by atomic mass is 10.2. The predicted molar refractivity (Wildman–Crippen MR) is 71.0 cm³/mol. The summed E-state index contributed by atoms with van der Waals surface area (Å²) in [7, 11) is 0. The lowest BCUT2D eigenvalue weighted by molar-refractivity contribution is 0.262. The fourth-order valence-corrected chi connectivity index (χ4v) is 2.45. The Hall–Kier alpha value is -2.31. The second-order valence-corrected chi connectivity index (χ2v) is 4.67. The first kappa shape index (κ1) is 11.8. The lowest BCUT2D eigenvalue weighted by Crippen LogP contribution is -2.22. The number of aromatic amines is 1. The van der Waals surface area contributed by atoms with Crippen molar-refractivity contribution in [3.63, 3.8) is 0 Å². The highest BCUT2D eigenvalue weighted by Gasteiger charge is 2.20. The first-order chi connectivity index (χ1) is 9.33. The van der Waals surface area contributed by atoms with Crippen molar-refractivity contribution in [2.45, 2.75) is 31.7 Å². The fraction of sp³-hybridized carbons (Fsp3) is 0.417. The second kappa shape index (κ2) is 5.13. The van der Waals surface area contributed by atoms with E-state index in [2.05, 4.69) is 25.9 Å². The summed E-state index contributed by atoms with van der Waals surface area (Å²) in [6.07, 6.45) is 9.59. The first-order valence-electron chi connectivity index (χ1n) is 6.43. The van der Waals surface area contributed by atoms with Crippen LogP contribution in [-0.4, -0.2) is 26.0 Å². The Morgan fingerprint density at radius 1 is 1.37 bits per heavy atom. The SMILES string of the molecule is O=C(Nc1cn[nH]c1)Nc1ccnn1C1CCCC1. The number of amides is 2. The lowest BCUT2D eigenvalue weighted by Gasteiger charge is -2.14. The third kappa shape index (κ3) is 2.59. The summed E-state index contributed by atoms with van der Waals surface area (Å²) < 4.78 is 1.90. The number of nitrogens with zero attached hydrogens (tertiary/aromatic N) is 3. The normalized spacial score (nSPS) is 15.6. The smallest absolute Gasteiger partial charge is 0.305 e. The van der Waals surface area contributed by atoms with E-state index in [9.17, 15) is 4.79 Å². The van der Waals surface area contributed by atoms with Gasteiger partial charge < -0.3 is 5.32 Å². The van der Waals surface area contributed by atoms with Gasteiger partial charge in [0.15, 0.2) is 0 Å². The van der Waals surface area contributed by atoms with Crippen molar-refractivity contribution in [1.29, 1.82) is 0 Å². The molecule has 0 radical (unpaired) electrons. The van der Waals surface area contributed by atoms with Crippen LogP contribution in [0.2, 0.25) is 0 Å². The van der Waals surface area contributed by atoms with Crippen LogP contribution in [0.5, 0.6) is 0 Å². The number of H-pyrrole nitrogens is 1. The second-order valence-electron chi connectivity index (χ2n) is 4.67. The van der Waals surface area contributed by atoms with Crippen molar-refractivity contribution < 1.29 is 4.79 Å². The zero-order valence-electron chi connectivity index (χ0n) is 10.5. The molecule has 0 spiro atoms. The summed E-state index contributed by atoms with van der Waals surface area (Å²) in [5.41, 5.74) is 0.629. The van der Waals surface area contributed by atoms with Crippen LogP contribution in [0.1, 0.15) is 31.7 Å². The molecule has 0 saturated heterocycles. The molecule has 1 aliphatic rings. The van der Waals surface area contributed by atoms with Crippen LogP contribution in [0.4, 0.5) is 16.3 Å². The summed E-state index contributed by atoms with van der Waals surface area (Å²) in [5.74, 6) is 0.730. The number of hydrogen-bond donors (Lipinski definition) is 3. The zero-order valence-corrected chi connectivity index (χ0v) is 10.5. The number of urea groups is 1. The Kier molecular flexibility index (Phi) is 3.18. The van der Waals surface area contributed by atoms with Gasteiger partial charge in [0.1, 0.15) is 5.82 Å². The third-order valence-corrected chi connectivity index (χ3v) is 3.34. The molecular weight excluding hydrogens is 244 g/mol. The molecule has 1 saturated carbocycles. The van der Waals surface area contributed by atoms with E-state index in [0.717, 1.165) is 18.7 Å². The highest BCUT2D eigenvalue weighted by atomic mass is 16.2. The molecule has 7 heteroatoms. The number of carbonyl (C=O) groups excluding carboxylic acids is 1. The average molecular weight is 260 g/mol. The minimum absolute atomic E-state index is 0.291. The van der Waals surface area contributed by atoms with Gasteiger partial charge >= 0.3 is 6.03 Å². The quantitative estimate of drug-likeness (QED) is 0.791. The number of carbonyl (C=O) groups is 1. The summed E-state index contributed by atoms with van der Waals surface area (Å²) >= 11 is 0. The highest BCUT2D eigenvalue weighted by Crippen LogP contribution is 2.31. The van der Waals surface area contributed by atoms with Crippen LogP contribution in [0.25, 0.3) is 0 Å². The molecule has 2 aromatic rings. The number of anilines is 2. The van der Waals surface area contributed by atoms with Crippen LogP contribution in [0, 0.1) is 0 Å². The molecule has 1 aliphatic carbocycles. The zero-order chi connectivity index (χ0) is 13.1. The van der Waals surface area contributed by atoms with Gasteiger partial charge in [0.2, 0.25) is 0 Å². The molecule has 2 aromatic heterocycles. The van der Waals surface area contributed by atoms with Gasteiger partial charge in [0.25, 0.3) is 0 Å². The Morgan fingerprint density at radius 2 is 2.21 bits per heavy atom. The van der Waals surface area contributed by atoms with E-state index < -0.39 is 0 Å². The number of rotatable bonds is 3. The van der Waals surface area contributed by atoms with E-state index in [0.29, 0.717) is 11.7 Å². The van der Waals surface area contributed by atoms with E-state index >= 15 is 0 Å². The molecule has 0 atom stereocenters. The minimum Gasteiger partial charge on any atom is -0.305 e. The van der Waals surface area contributed by atoms with Crippen LogP contribution in [-0.2, 0) is 0 Å². The number of hydrogen-bond acceptors (Lipinski definition) is 3. The van der Waals surface area contributed by atoms with Crippen molar-refractivity contribution in [3.05, 3.63) is 24.7 Å². The summed E-state index contributed by atoms with van der Waals surface area (Å²) in [4.78, 5) is 11.8. The van der Waals surface area contributed by atoms with Crippen molar-refractivity contribution in [2.75, 3.05) is 10.6 Å². The summed E-state index contributed by atoms with van der Waals surface area (Å²) in [6, 6.07) is 1.92. The summed E-state index contributed by atoms with van der Waals surface area (Å²) in [5, 5.41) is 16.2. The van der Waals surface area contributed by atoms with Gasteiger partial charge in [-0.15, -0.1) is 0 Å². The Morgan fingerprint density at radius 3 is 2.95 bits per heavy atom. The largest absolute Gasteiger partial charge is 0.324 e. The Labute approximate surface area is 110 Å². The first-order valence-corrected chi connectivity index (χ1v) is 6.43. The van der Waals surface area contributed by atoms with Crippen LogP contribution >= 0.6 is 0 Å². The van der Waals surface area contributed by atoms with Crippen molar-refractivity contribution in [2.24, 2.45) is 0 Å². The van der Waals surface area contributed by atoms with Gasteiger partial charge in [0, 0.05) is 12.3 Å². The Balaban J connectivity index is 1.66. The molecule has 0 aliphatic heterocycles. The number of nitrogens with one attached hydrogen (secondary N) is 3. The predicted octanol–water partition coefficient (Wildman–Crippen LogP) is 2.37. The molecular formula is C12H16N6O. The molecule has 1 fully saturated rings. The van der Waals surface area contributed by atoms with Crippen molar-refractivity contribution in [3.8, 4) is 0 Å². The molecule has 2 amide bonds. The monoisotopic (exact) mass is 260 g/mol. The average Bonchev–Trinajstić information content (AvgIpc) is 3.09. The molecule has 0 aromatic carbocycles. The van der Waals surface area contributed by atoms with E-state index in [1.807, 2.05) is 10.7 Å². The maximum absolute atomic E-state index is 11.8. The Bertz CT molecular complexity index is 540. The minimum atomic E-state index is -0.291. The van der Waals surface area contributed by atoms with E-state index in [-0.39, 0.29) is 6.03 Å².